The molecule has 2 rings (SSSR count). The van der Waals surface area contributed by atoms with Crippen molar-refractivity contribution >= 4 is 5.97 Å². The molecule has 2 aromatic rings. The minimum absolute atomic E-state index is 0.00344. The average Bonchev–Trinajstić information content (AvgIpc) is 3.18. The van der Waals surface area contributed by atoms with Crippen LogP contribution in [-0.2, 0) is 4.74 Å². The van der Waals surface area contributed by atoms with E-state index in [1.165, 1.54) is 167 Å². The number of benzene rings is 2. The predicted octanol–water partition coefficient (Wildman–Crippen LogP) is 16.5. The number of unbranched alkanes of at least 4 members (excludes halogenated alkanes) is 25. The Hall–Kier alpha value is -2.33. The third kappa shape index (κ3) is 24.2. The average molecular weight is 749 g/mol. The van der Waals surface area contributed by atoms with Crippen LogP contribution in [-0.4, -0.2) is 18.7 Å². The van der Waals surface area contributed by atoms with Crippen molar-refractivity contribution in [2.24, 2.45) is 0 Å². The van der Waals surface area contributed by atoms with Gasteiger partial charge < -0.3 is 14.2 Å². The fourth-order valence-corrected chi connectivity index (χ4v) is 7.49. The zero-order valence-electron chi connectivity index (χ0n) is 35.8. The highest BCUT2D eigenvalue weighted by Gasteiger charge is 2.17. The maximum absolute atomic E-state index is 13.2. The van der Waals surface area contributed by atoms with Crippen molar-refractivity contribution in [3.05, 3.63) is 59.7 Å². The van der Waals surface area contributed by atoms with Gasteiger partial charge in [-0.15, -0.1) is 0 Å². The number of carbonyl (C=O) groups excluding carboxylic acids is 1. The number of para-hydroxylation sites is 2. The summed E-state index contributed by atoms with van der Waals surface area (Å²) >= 11 is 0. The number of esters is 1. The molecular formula is C50H84O4. The van der Waals surface area contributed by atoms with E-state index in [9.17, 15) is 4.79 Å². The minimum atomic E-state index is -0.365. The van der Waals surface area contributed by atoms with E-state index < -0.39 is 0 Å². The van der Waals surface area contributed by atoms with Gasteiger partial charge in [-0.1, -0.05) is 212 Å². The van der Waals surface area contributed by atoms with Gasteiger partial charge in [-0.2, -0.15) is 0 Å². The lowest BCUT2D eigenvalue weighted by Crippen LogP contribution is -2.17. The summed E-state index contributed by atoms with van der Waals surface area (Å²) in [7, 11) is 0. The van der Waals surface area contributed by atoms with Crippen LogP contribution in [0.1, 0.15) is 242 Å². The molecule has 0 aliphatic rings. The van der Waals surface area contributed by atoms with Gasteiger partial charge in [0.15, 0.2) is 11.5 Å². The molecular weight excluding hydrogens is 665 g/mol. The van der Waals surface area contributed by atoms with Gasteiger partial charge in [0.1, 0.15) is 0 Å². The highest BCUT2D eigenvalue weighted by molar-refractivity contribution is 5.91. The molecule has 0 saturated heterocycles. The van der Waals surface area contributed by atoms with Crippen molar-refractivity contribution in [3.63, 3.8) is 0 Å². The molecule has 0 heterocycles. The largest absolute Gasteiger partial charge is 0.487 e. The number of rotatable bonds is 37. The molecule has 0 saturated carbocycles. The molecule has 0 aliphatic heterocycles. The predicted molar refractivity (Wildman–Crippen MR) is 232 cm³/mol. The van der Waals surface area contributed by atoms with Crippen LogP contribution >= 0.6 is 0 Å². The van der Waals surface area contributed by atoms with E-state index in [-0.39, 0.29) is 18.2 Å². The fourth-order valence-electron chi connectivity index (χ4n) is 7.49. The van der Waals surface area contributed by atoms with Crippen LogP contribution in [0.5, 0.6) is 11.5 Å². The molecule has 2 aromatic carbocycles. The molecule has 0 radical (unpaired) electrons. The first-order chi connectivity index (χ1) is 26.6. The molecule has 4 nitrogen and oxygen atoms in total. The fraction of sp³-hybridized carbons (Fsp3) is 0.740. The van der Waals surface area contributed by atoms with E-state index in [1.807, 2.05) is 48.5 Å². The second-order valence-electron chi connectivity index (χ2n) is 16.1. The van der Waals surface area contributed by atoms with Gasteiger partial charge in [-0.25, -0.2) is 4.79 Å². The molecule has 4 heteroatoms. The Bertz CT molecular complexity index is 1130. The molecule has 0 N–H and O–H groups in total. The van der Waals surface area contributed by atoms with E-state index in [0.717, 1.165) is 37.9 Å². The maximum atomic E-state index is 13.2. The Morgan fingerprint density at radius 1 is 0.481 bits per heavy atom. The summed E-state index contributed by atoms with van der Waals surface area (Å²) in [5, 5.41) is 0. The van der Waals surface area contributed by atoms with E-state index in [1.54, 1.807) is 0 Å². The van der Waals surface area contributed by atoms with Crippen molar-refractivity contribution in [1.29, 1.82) is 0 Å². The lowest BCUT2D eigenvalue weighted by molar-refractivity contribution is 0.0625. The van der Waals surface area contributed by atoms with Gasteiger partial charge in [-0.3, -0.25) is 0 Å². The second-order valence-corrected chi connectivity index (χ2v) is 16.1. The first kappa shape index (κ1) is 47.8. The zero-order valence-corrected chi connectivity index (χ0v) is 35.8. The van der Waals surface area contributed by atoms with Crippen molar-refractivity contribution in [3.8, 4) is 11.5 Å². The topological polar surface area (TPSA) is 44.8 Å². The normalized spacial score (nSPS) is 12.5. The maximum Gasteiger partial charge on any atom is 0.343 e. The Balaban J connectivity index is 1.58. The van der Waals surface area contributed by atoms with Gasteiger partial charge in [0, 0.05) is 6.61 Å². The minimum Gasteiger partial charge on any atom is -0.487 e. The molecule has 2 atom stereocenters. The molecule has 0 aliphatic carbocycles. The van der Waals surface area contributed by atoms with Crippen LogP contribution in [0.25, 0.3) is 0 Å². The molecule has 0 fully saturated rings. The van der Waals surface area contributed by atoms with Gasteiger partial charge in [0.2, 0.25) is 0 Å². The smallest absolute Gasteiger partial charge is 0.343 e. The quantitative estimate of drug-likeness (QED) is 0.0392. The number of hydrogen-bond donors (Lipinski definition) is 0. The molecule has 54 heavy (non-hydrogen) atoms. The highest BCUT2D eigenvalue weighted by atomic mass is 16.6. The molecule has 308 valence electrons. The van der Waals surface area contributed by atoms with Crippen LogP contribution in [0.4, 0.5) is 0 Å². The molecule has 0 aromatic heterocycles. The van der Waals surface area contributed by atoms with Crippen molar-refractivity contribution < 1.29 is 19.0 Å². The second kappa shape index (κ2) is 34.0. The standard InChI is InChI=1S/C50H84O4/c1-5-8-10-12-14-16-17-18-19-20-21-22-23-24-26-28-30-34-43-52-44(4)45-39-41-46(42-40-45)50(51)54-49-38-33-32-37-48(49)53-47(35-7-3)36-31-29-27-25-15-13-11-9-6-2/h32-33,37-42,44,47H,5-31,34-36,43H2,1-4H3. The Morgan fingerprint density at radius 2 is 0.907 bits per heavy atom. The van der Waals surface area contributed by atoms with E-state index in [4.69, 9.17) is 14.2 Å². The van der Waals surface area contributed by atoms with Crippen LogP contribution < -0.4 is 9.47 Å². The van der Waals surface area contributed by atoms with Crippen LogP contribution in [0.15, 0.2) is 48.5 Å². The molecule has 2 unspecified atom stereocenters. The summed E-state index contributed by atoms with van der Waals surface area (Å²) in [4.78, 5) is 13.2. The van der Waals surface area contributed by atoms with E-state index in [2.05, 4.69) is 27.7 Å². The lowest BCUT2D eigenvalue weighted by atomic mass is 10.0. The first-order valence-electron chi connectivity index (χ1n) is 23.3. The van der Waals surface area contributed by atoms with Gasteiger partial charge >= 0.3 is 5.97 Å². The molecule has 0 amide bonds. The Kier molecular flexibility index (Phi) is 30.1. The number of ether oxygens (including phenoxy) is 3. The van der Waals surface area contributed by atoms with Gasteiger partial charge in [0.05, 0.1) is 17.8 Å². The Morgan fingerprint density at radius 3 is 1.37 bits per heavy atom. The van der Waals surface area contributed by atoms with Crippen molar-refractivity contribution in [2.45, 2.75) is 233 Å². The van der Waals surface area contributed by atoms with Crippen molar-refractivity contribution in [1.82, 2.24) is 0 Å². The SMILES string of the molecule is CCCCCCCCCCCCCCCCCCCCOC(C)c1ccc(C(=O)Oc2ccccc2OC(CCC)CCCCCCCCCCC)cc1. The van der Waals surface area contributed by atoms with Crippen LogP contribution in [0.3, 0.4) is 0 Å². The Labute approximate surface area is 334 Å². The van der Waals surface area contributed by atoms with E-state index in [0.29, 0.717) is 17.1 Å². The first-order valence-corrected chi connectivity index (χ1v) is 23.3. The van der Waals surface area contributed by atoms with Crippen LogP contribution in [0.2, 0.25) is 0 Å². The molecule has 0 spiro atoms. The third-order valence-corrected chi connectivity index (χ3v) is 11.1. The van der Waals surface area contributed by atoms with Gasteiger partial charge in [0.25, 0.3) is 0 Å². The summed E-state index contributed by atoms with van der Waals surface area (Å²) in [6.07, 6.45) is 40.0. The summed E-state index contributed by atoms with van der Waals surface area (Å²) in [6.45, 7) is 9.64. The summed E-state index contributed by atoms with van der Waals surface area (Å²) in [6, 6.07) is 15.3. The van der Waals surface area contributed by atoms with Crippen LogP contribution in [0, 0.1) is 0 Å². The highest BCUT2D eigenvalue weighted by Crippen LogP contribution is 2.30. The van der Waals surface area contributed by atoms with Gasteiger partial charge in [-0.05, 0) is 62.4 Å². The summed E-state index contributed by atoms with van der Waals surface area (Å²) in [5.74, 6) is 0.773. The third-order valence-electron chi connectivity index (χ3n) is 11.1. The number of hydrogen-bond acceptors (Lipinski definition) is 4. The summed E-state index contributed by atoms with van der Waals surface area (Å²) in [5.41, 5.74) is 1.61. The molecule has 0 bridgehead atoms. The van der Waals surface area contributed by atoms with E-state index >= 15 is 0 Å². The van der Waals surface area contributed by atoms with Crippen molar-refractivity contribution in [2.75, 3.05) is 6.61 Å². The summed E-state index contributed by atoms with van der Waals surface area (Å²) < 4.78 is 18.5. The number of carbonyl (C=O) groups is 1. The monoisotopic (exact) mass is 749 g/mol. The lowest BCUT2D eigenvalue weighted by Gasteiger charge is -2.20. The zero-order chi connectivity index (χ0) is 38.7.